The van der Waals surface area contributed by atoms with E-state index in [1.54, 1.807) is 6.20 Å². The monoisotopic (exact) mass is 204 g/mol. The van der Waals surface area contributed by atoms with Crippen LogP contribution in [0, 0.1) is 6.92 Å². The smallest absolute Gasteiger partial charge is 0.244 e. The summed E-state index contributed by atoms with van der Waals surface area (Å²) in [6.45, 7) is 4.60. The van der Waals surface area contributed by atoms with E-state index in [0.29, 0.717) is 5.89 Å². The Morgan fingerprint density at radius 3 is 3.13 bits per heavy atom. The molecule has 0 unspecified atom stereocenters. The lowest BCUT2D eigenvalue weighted by molar-refractivity contribution is 0.494. The van der Waals surface area contributed by atoms with Gasteiger partial charge in [-0.05, 0) is 6.92 Å². The second kappa shape index (κ2) is 3.20. The molecular weight excluding hydrogens is 192 g/mol. The van der Waals surface area contributed by atoms with Crippen molar-refractivity contribution in [3.05, 3.63) is 24.0 Å². The number of aromatic nitrogens is 3. The van der Waals surface area contributed by atoms with E-state index in [9.17, 15) is 0 Å². The molecule has 5 nitrogen and oxygen atoms in total. The molecule has 1 aliphatic heterocycles. The molecule has 1 N–H and O–H groups in total. The Kier molecular flexibility index (Phi) is 1.85. The summed E-state index contributed by atoms with van der Waals surface area (Å²) < 4.78 is 7.66. The molecule has 0 atom stereocenters. The molecule has 0 bridgehead atoms. The molecular formula is C10H12N4O. The average molecular weight is 204 g/mol. The first-order chi connectivity index (χ1) is 7.34. The van der Waals surface area contributed by atoms with Crippen LogP contribution in [0.15, 0.2) is 16.8 Å². The van der Waals surface area contributed by atoms with Crippen molar-refractivity contribution in [2.75, 3.05) is 6.54 Å². The maximum atomic E-state index is 5.50. The van der Waals surface area contributed by atoms with Crippen molar-refractivity contribution in [2.24, 2.45) is 0 Å². The Bertz CT molecular complexity index is 485. The van der Waals surface area contributed by atoms with Crippen molar-refractivity contribution in [1.82, 2.24) is 19.9 Å². The van der Waals surface area contributed by atoms with E-state index in [2.05, 4.69) is 19.9 Å². The van der Waals surface area contributed by atoms with E-state index in [0.717, 1.165) is 36.9 Å². The molecule has 15 heavy (non-hydrogen) atoms. The van der Waals surface area contributed by atoms with Crippen molar-refractivity contribution in [3.63, 3.8) is 0 Å². The van der Waals surface area contributed by atoms with Crippen LogP contribution in [0.2, 0.25) is 0 Å². The average Bonchev–Trinajstić information content (AvgIpc) is 2.83. The fourth-order valence-electron chi connectivity index (χ4n) is 1.84. The van der Waals surface area contributed by atoms with E-state index < -0.39 is 0 Å². The lowest BCUT2D eigenvalue weighted by Crippen LogP contribution is -2.28. The number of hydrogen-bond acceptors (Lipinski definition) is 4. The van der Waals surface area contributed by atoms with Crippen molar-refractivity contribution >= 4 is 0 Å². The normalized spacial score (nSPS) is 15.3. The molecule has 0 saturated carbocycles. The van der Waals surface area contributed by atoms with Gasteiger partial charge in [0.15, 0.2) is 0 Å². The summed E-state index contributed by atoms with van der Waals surface area (Å²) >= 11 is 0. The Morgan fingerprint density at radius 1 is 1.40 bits per heavy atom. The van der Waals surface area contributed by atoms with Crippen LogP contribution in [0.5, 0.6) is 0 Å². The third kappa shape index (κ3) is 1.35. The van der Waals surface area contributed by atoms with Gasteiger partial charge < -0.3 is 14.3 Å². The van der Waals surface area contributed by atoms with Crippen LogP contribution >= 0.6 is 0 Å². The van der Waals surface area contributed by atoms with Crippen LogP contribution in [0.25, 0.3) is 11.6 Å². The van der Waals surface area contributed by atoms with E-state index in [1.165, 1.54) is 0 Å². The number of nitrogens with zero attached hydrogens (tertiary/aromatic N) is 3. The first kappa shape index (κ1) is 8.67. The van der Waals surface area contributed by atoms with Crippen LogP contribution < -0.4 is 5.32 Å². The SMILES string of the molecule is Cc1cnc(-c2cnc3n2CCNC3)o1. The number of nitrogens with one attached hydrogen (secondary N) is 1. The van der Waals surface area contributed by atoms with Gasteiger partial charge >= 0.3 is 0 Å². The molecule has 0 fully saturated rings. The van der Waals surface area contributed by atoms with E-state index in [4.69, 9.17) is 4.42 Å². The summed E-state index contributed by atoms with van der Waals surface area (Å²) in [4.78, 5) is 8.56. The maximum absolute atomic E-state index is 5.50. The fourth-order valence-corrected chi connectivity index (χ4v) is 1.84. The van der Waals surface area contributed by atoms with Gasteiger partial charge in [0.05, 0.1) is 18.9 Å². The largest absolute Gasteiger partial charge is 0.440 e. The minimum atomic E-state index is 0.660. The van der Waals surface area contributed by atoms with E-state index >= 15 is 0 Å². The number of rotatable bonds is 1. The van der Waals surface area contributed by atoms with Gasteiger partial charge in [-0.1, -0.05) is 0 Å². The Hall–Kier alpha value is -1.62. The molecule has 2 aromatic heterocycles. The van der Waals surface area contributed by atoms with Gasteiger partial charge in [-0.25, -0.2) is 9.97 Å². The first-order valence-corrected chi connectivity index (χ1v) is 5.02. The van der Waals surface area contributed by atoms with Gasteiger partial charge in [-0.15, -0.1) is 0 Å². The molecule has 0 radical (unpaired) electrons. The van der Waals surface area contributed by atoms with Gasteiger partial charge in [0.1, 0.15) is 17.3 Å². The lowest BCUT2D eigenvalue weighted by atomic mass is 10.4. The Labute approximate surface area is 87.1 Å². The molecule has 1 aliphatic rings. The zero-order valence-electron chi connectivity index (χ0n) is 8.53. The molecule has 78 valence electrons. The summed E-state index contributed by atoms with van der Waals surface area (Å²) in [5.41, 5.74) is 0.972. The van der Waals surface area contributed by atoms with Crippen molar-refractivity contribution in [2.45, 2.75) is 20.0 Å². The number of imidazole rings is 1. The van der Waals surface area contributed by atoms with Crippen LogP contribution in [0.3, 0.4) is 0 Å². The predicted octanol–water partition coefficient (Wildman–Crippen LogP) is 0.950. The topological polar surface area (TPSA) is 55.9 Å². The van der Waals surface area contributed by atoms with Crippen LogP contribution in [-0.4, -0.2) is 21.1 Å². The van der Waals surface area contributed by atoms with Crippen LogP contribution in [-0.2, 0) is 13.1 Å². The summed E-state index contributed by atoms with van der Waals surface area (Å²) in [6, 6.07) is 0. The summed E-state index contributed by atoms with van der Waals surface area (Å²) in [7, 11) is 0. The zero-order valence-corrected chi connectivity index (χ0v) is 8.53. The molecule has 0 aromatic carbocycles. The predicted molar refractivity (Wildman–Crippen MR) is 54.2 cm³/mol. The zero-order chi connectivity index (χ0) is 10.3. The molecule has 3 rings (SSSR count). The van der Waals surface area contributed by atoms with Gasteiger partial charge in [-0.3, -0.25) is 0 Å². The summed E-state index contributed by atoms with van der Waals surface area (Å²) in [6.07, 6.45) is 3.56. The second-order valence-electron chi connectivity index (χ2n) is 3.66. The Balaban J connectivity index is 2.08. The third-order valence-corrected chi connectivity index (χ3v) is 2.57. The first-order valence-electron chi connectivity index (χ1n) is 5.02. The molecule has 0 amide bonds. The Morgan fingerprint density at radius 2 is 2.33 bits per heavy atom. The molecule has 2 aromatic rings. The third-order valence-electron chi connectivity index (χ3n) is 2.57. The van der Waals surface area contributed by atoms with Gasteiger partial charge in [0.25, 0.3) is 0 Å². The highest BCUT2D eigenvalue weighted by atomic mass is 16.4. The molecule has 0 aliphatic carbocycles. The van der Waals surface area contributed by atoms with Gasteiger partial charge in [0.2, 0.25) is 5.89 Å². The maximum Gasteiger partial charge on any atom is 0.244 e. The van der Waals surface area contributed by atoms with Crippen LogP contribution in [0.1, 0.15) is 11.6 Å². The number of aryl methyl sites for hydroxylation is 1. The minimum absolute atomic E-state index is 0.660. The highest BCUT2D eigenvalue weighted by Crippen LogP contribution is 2.21. The number of hydrogen-bond donors (Lipinski definition) is 1. The quantitative estimate of drug-likeness (QED) is 0.751. The summed E-state index contributed by atoms with van der Waals surface area (Å²) in [5.74, 6) is 2.54. The molecule has 5 heteroatoms. The van der Waals surface area contributed by atoms with Crippen molar-refractivity contribution in [3.8, 4) is 11.6 Å². The van der Waals surface area contributed by atoms with Crippen molar-refractivity contribution in [1.29, 1.82) is 0 Å². The minimum Gasteiger partial charge on any atom is -0.440 e. The highest BCUT2D eigenvalue weighted by molar-refractivity contribution is 5.47. The van der Waals surface area contributed by atoms with Crippen LogP contribution in [0.4, 0.5) is 0 Å². The second-order valence-corrected chi connectivity index (χ2v) is 3.66. The lowest BCUT2D eigenvalue weighted by Gasteiger charge is -2.16. The van der Waals surface area contributed by atoms with E-state index in [1.807, 2.05) is 13.1 Å². The molecule has 0 saturated heterocycles. The fraction of sp³-hybridized carbons (Fsp3) is 0.400. The highest BCUT2D eigenvalue weighted by Gasteiger charge is 2.17. The molecule has 0 spiro atoms. The van der Waals surface area contributed by atoms with Gasteiger partial charge in [-0.2, -0.15) is 0 Å². The van der Waals surface area contributed by atoms with Gasteiger partial charge in [0, 0.05) is 13.1 Å². The number of oxazole rings is 1. The van der Waals surface area contributed by atoms with E-state index in [-0.39, 0.29) is 0 Å². The number of fused-ring (bicyclic) bond motifs is 1. The summed E-state index contributed by atoms with van der Waals surface area (Å²) in [5, 5.41) is 3.28. The molecule has 3 heterocycles. The van der Waals surface area contributed by atoms with Crippen molar-refractivity contribution < 1.29 is 4.42 Å². The standard InChI is InChI=1S/C10H12N4O/c1-7-4-13-10(15-7)8-5-12-9-6-11-2-3-14(8)9/h4-5,11H,2-3,6H2,1H3.